The Morgan fingerprint density at radius 3 is 2.72 bits per heavy atom. The molecule has 1 aromatic rings. The first kappa shape index (κ1) is 12.6. The van der Waals surface area contributed by atoms with Crippen LogP contribution >= 0.6 is 11.6 Å². The van der Waals surface area contributed by atoms with Gasteiger partial charge in [-0.25, -0.2) is 4.39 Å². The van der Waals surface area contributed by atoms with Gasteiger partial charge >= 0.3 is 0 Å². The van der Waals surface area contributed by atoms with Gasteiger partial charge in [-0.15, -0.1) is 0 Å². The third kappa shape index (κ3) is 1.99. The minimum absolute atomic E-state index is 0.0960. The Labute approximate surface area is 107 Å². The van der Waals surface area contributed by atoms with Crippen LogP contribution in [0, 0.1) is 11.2 Å². The Morgan fingerprint density at radius 2 is 2.22 bits per heavy atom. The molecular weight excluding hydrogens is 261 g/mol. The zero-order chi connectivity index (χ0) is 13.3. The molecule has 2 rings (SSSR count). The lowest BCUT2D eigenvalue weighted by atomic mass is 10.1. The number of carbonyl (C=O) groups excluding carboxylic acids is 1. The van der Waals surface area contributed by atoms with Gasteiger partial charge in [-0.05, 0) is 25.0 Å². The topological polar surface area (TPSA) is 87.7 Å². The number of carbonyl (C=O) groups is 1. The van der Waals surface area contributed by atoms with Crippen LogP contribution in [0.4, 0.5) is 10.1 Å². The molecule has 0 aliphatic heterocycles. The zero-order valence-electron chi connectivity index (χ0n) is 9.28. The van der Waals surface area contributed by atoms with Crippen LogP contribution in [-0.2, 0) is 4.79 Å². The van der Waals surface area contributed by atoms with Gasteiger partial charge in [-0.1, -0.05) is 22.8 Å². The molecule has 1 amide bonds. The highest BCUT2D eigenvalue weighted by Gasteiger charge is 2.54. The molecule has 0 atom stereocenters. The Balaban J connectivity index is 2.23. The van der Waals surface area contributed by atoms with Crippen molar-refractivity contribution in [1.82, 2.24) is 0 Å². The van der Waals surface area contributed by atoms with Crippen molar-refractivity contribution in [3.8, 4) is 0 Å². The SMILES string of the molecule is N/C(=N/O)C1(C(=O)Nc2c(F)cccc2Cl)CC1. The van der Waals surface area contributed by atoms with Crippen molar-refractivity contribution in [2.75, 3.05) is 5.32 Å². The quantitative estimate of drug-likeness (QED) is 0.340. The summed E-state index contributed by atoms with van der Waals surface area (Å²) in [5, 5.41) is 13.9. The van der Waals surface area contributed by atoms with Crippen LogP contribution < -0.4 is 11.1 Å². The molecular formula is C11H11ClFN3O2. The predicted octanol–water partition coefficient (Wildman–Crippen LogP) is 1.94. The Bertz CT molecular complexity index is 509. The van der Waals surface area contributed by atoms with Crippen LogP contribution in [-0.4, -0.2) is 17.0 Å². The number of nitrogens with zero attached hydrogens (tertiary/aromatic N) is 1. The molecule has 0 heterocycles. The van der Waals surface area contributed by atoms with E-state index in [4.69, 9.17) is 22.5 Å². The maximum atomic E-state index is 13.5. The van der Waals surface area contributed by atoms with Crippen molar-refractivity contribution in [3.63, 3.8) is 0 Å². The van der Waals surface area contributed by atoms with Crippen LogP contribution in [0.2, 0.25) is 5.02 Å². The molecule has 5 nitrogen and oxygen atoms in total. The van der Waals surface area contributed by atoms with E-state index >= 15 is 0 Å². The smallest absolute Gasteiger partial charge is 0.238 e. The minimum Gasteiger partial charge on any atom is -0.409 e. The molecule has 4 N–H and O–H groups in total. The number of rotatable bonds is 3. The standard InChI is InChI=1S/C11H11ClFN3O2/c12-6-2-1-3-7(13)8(6)15-10(17)11(4-5-11)9(14)16-18/h1-3,18H,4-5H2,(H2,14,16)(H,15,17). The van der Waals surface area contributed by atoms with Crippen LogP contribution in [0.3, 0.4) is 0 Å². The van der Waals surface area contributed by atoms with E-state index in [-0.39, 0.29) is 16.5 Å². The van der Waals surface area contributed by atoms with Crippen molar-refractivity contribution in [3.05, 3.63) is 29.0 Å². The van der Waals surface area contributed by atoms with E-state index < -0.39 is 17.1 Å². The number of hydrogen-bond donors (Lipinski definition) is 3. The fraction of sp³-hybridized carbons (Fsp3) is 0.273. The lowest BCUT2D eigenvalue weighted by Crippen LogP contribution is -2.36. The normalized spacial score (nSPS) is 17.3. The molecule has 0 bridgehead atoms. The van der Waals surface area contributed by atoms with Crippen molar-refractivity contribution in [2.24, 2.45) is 16.3 Å². The summed E-state index contributed by atoms with van der Waals surface area (Å²) in [5.74, 6) is -1.33. The van der Waals surface area contributed by atoms with Crippen LogP contribution in [0.25, 0.3) is 0 Å². The zero-order valence-corrected chi connectivity index (χ0v) is 10.0. The molecule has 18 heavy (non-hydrogen) atoms. The van der Waals surface area contributed by atoms with Gasteiger partial charge in [0.15, 0.2) is 5.84 Å². The first-order chi connectivity index (χ1) is 8.51. The molecule has 1 saturated carbocycles. The lowest BCUT2D eigenvalue weighted by Gasteiger charge is -2.14. The molecule has 1 fully saturated rings. The molecule has 1 aliphatic carbocycles. The molecule has 0 spiro atoms. The maximum Gasteiger partial charge on any atom is 0.238 e. The molecule has 1 aliphatic rings. The maximum absolute atomic E-state index is 13.5. The first-order valence-electron chi connectivity index (χ1n) is 5.25. The van der Waals surface area contributed by atoms with Crippen molar-refractivity contribution < 1.29 is 14.4 Å². The van der Waals surface area contributed by atoms with Gasteiger partial charge in [0.05, 0.1) is 10.7 Å². The summed E-state index contributed by atoms with van der Waals surface area (Å²) >= 11 is 5.79. The van der Waals surface area contributed by atoms with Crippen molar-refractivity contribution >= 4 is 29.0 Å². The number of amidine groups is 1. The van der Waals surface area contributed by atoms with Crippen LogP contribution in [0.15, 0.2) is 23.4 Å². The van der Waals surface area contributed by atoms with E-state index in [1.54, 1.807) is 0 Å². The van der Waals surface area contributed by atoms with Gasteiger partial charge in [0, 0.05) is 0 Å². The number of para-hydroxylation sites is 1. The number of benzene rings is 1. The van der Waals surface area contributed by atoms with E-state index in [0.717, 1.165) is 0 Å². The van der Waals surface area contributed by atoms with Gasteiger partial charge in [0.2, 0.25) is 5.91 Å². The predicted molar refractivity (Wildman–Crippen MR) is 65.1 cm³/mol. The highest BCUT2D eigenvalue weighted by atomic mass is 35.5. The van der Waals surface area contributed by atoms with E-state index in [2.05, 4.69) is 10.5 Å². The largest absolute Gasteiger partial charge is 0.409 e. The number of amides is 1. The average molecular weight is 272 g/mol. The molecule has 0 radical (unpaired) electrons. The summed E-state index contributed by atoms with van der Waals surface area (Å²) in [5.41, 5.74) is 4.32. The Morgan fingerprint density at radius 1 is 1.56 bits per heavy atom. The first-order valence-corrected chi connectivity index (χ1v) is 5.62. The van der Waals surface area contributed by atoms with Crippen molar-refractivity contribution in [1.29, 1.82) is 0 Å². The van der Waals surface area contributed by atoms with Crippen LogP contribution in [0.1, 0.15) is 12.8 Å². The summed E-state index contributed by atoms with van der Waals surface area (Å²) in [6.45, 7) is 0. The lowest BCUT2D eigenvalue weighted by molar-refractivity contribution is -0.119. The summed E-state index contributed by atoms with van der Waals surface area (Å²) in [6, 6.07) is 4.08. The summed E-state index contributed by atoms with van der Waals surface area (Å²) < 4.78 is 13.5. The van der Waals surface area contributed by atoms with E-state index in [9.17, 15) is 9.18 Å². The number of nitrogens with two attached hydrogens (primary N) is 1. The summed E-state index contributed by atoms with van der Waals surface area (Å²) in [7, 11) is 0. The second kappa shape index (κ2) is 4.45. The number of halogens is 2. The van der Waals surface area contributed by atoms with Gasteiger partial charge in [-0.2, -0.15) is 0 Å². The molecule has 7 heteroatoms. The second-order valence-electron chi connectivity index (χ2n) is 4.12. The van der Waals surface area contributed by atoms with Gasteiger partial charge < -0.3 is 16.3 Å². The van der Waals surface area contributed by atoms with Gasteiger partial charge in [-0.3, -0.25) is 4.79 Å². The summed E-state index contributed by atoms with van der Waals surface area (Å²) in [4.78, 5) is 12.0. The Hall–Kier alpha value is -1.82. The van der Waals surface area contributed by atoms with Crippen molar-refractivity contribution in [2.45, 2.75) is 12.8 Å². The second-order valence-corrected chi connectivity index (χ2v) is 4.53. The molecule has 1 aromatic carbocycles. The van der Waals surface area contributed by atoms with E-state index in [0.29, 0.717) is 12.8 Å². The Kier molecular flexibility index (Phi) is 3.13. The molecule has 96 valence electrons. The average Bonchev–Trinajstić information content (AvgIpc) is 3.14. The fourth-order valence-electron chi connectivity index (χ4n) is 1.67. The third-order valence-electron chi connectivity index (χ3n) is 2.98. The van der Waals surface area contributed by atoms with Gasteiger partial charge in [0.25, 0.3) is 0 Å². The fourth-order valence-corrected chi connectivity index (χ4v) is 1.88. The van der Waals surface area contributed by atoms with Crippen LogP contribution in [0.5, 0.6) is 0 Å². The minimum atomic E-state index is -1.04. The van der Waals surface area contributed by atoms with E-state index in [1.165, 1.54) is 18.2 Å². The number of oxime groups is 1. The molecule has 0 saturated heterocycles. The number of nitrogens with one attached hydrogen (secondary N) is 1. The summed E-state index contributed by atoms with van der Waals surface area (Å²) in [6.07, 6.45) is 0.918. The molecule has 0 aromatic heterocycles. The third-order valence-corrected chi connectivity index (χ3v) is 3.30. The number of anilines is 1. The molecule has 0 unspecified atom stereocenters. The number of hydrogen-bond acceptors (Lipinski definition) is 3. The highest BCUT2D eigenvalue weighted by Crippen LogP contribution is 2.47. The van der Waals surface area contributed by atoms with Gasteiger partial charge in [0.1, 0.15) is 11.2 Å². The highest BCUT2D eigenvalue weighted by molar-refractivity contribution is 6.34. The monoisotopic (exact) mass is 271 g/mol. The van der Waals surface area contributed by atoms with E-state index in [1.807, 2.05) is 0 Å².